The minimum absolute atomic E-state index is 0.175. The fourth-order valence-corrected chi connectivity index (χ4v) is 2.14. The van der Waals surface area contributed by atoms with Gasteiger partial charge in [-0.2, -0.15) is 0 Å². The smallest absolute Gasteiger partial charge is 0.257 e. The molecule has 0 radical (unpaired) electrons. The fraction of sp³-hybridized carbons (Fsp3) is 0.222. The fourth-order valence-electron chi connectivity index (χ4n) is 2.14. The lowest BCUT2D eigenvalue weighted by Crippen LogP contribution is -2.26. The Hall–Kier alpha value is -2.86. The van der Waals surface area contributed by atoms with E-state index in [1.54, 1.807) is 55.6 Å². The predicted molar refractivity (Wildman–Crippen MR) is 94.6 cm³/mol. The van der Waals surface area contributed by atoms with Crippen molar-refractivity contribution in [2.24, 2.45) is 0 Å². The number of hydrogen-bond donors (Lipinski definition) is 3. The van der Waals surface area contributed by atoms with Gasteiger partial charge in [0.15, 0.2) is 0 Å². The van der Waals surface area contributed by atoms with E-state index in [2.05, 4.69) is 16.0 Å². The van der Waals surface area contributed by atoms with Crippen molar-refractivity contribution in [2.75, 3.05) is 30.8 Å². The summed E-state index contributed by atoms with van der Waals surface area (Å²) in [5, 5.41) is 8.30. The Morgan fingerprint density at radius 1 is 1.00 bits per heavy atom. The van der Waals surface area contributed by atoms with Crippen molar-refractivity contribution in [1.29, 1.82) is 0 Å². The molecule has 3 N–H and O–H groups in total. The Kier molecular flexibility index (Phi) is 6.33. The summed E-state index contributed by atoms with van der Waals surface area (Å²) in [7, 11) is 1.68. The number of nitrogens with one attached hydrogen (secondary N) is 3. The van der Waals surface area contributed by atoms with E-state index in [4.69, 9.17) is 4.74 Å². The molecule has 2 aromatic rings. The molecule has 0 aromatic heterocycles. The molecule has 0 saturated heterocycles. The molecule has 2 aromatic carbocycles. The van der Waals surface area contributed by atoms with Crippen LogP contribution in [0.15, 0.2) is 48.5 Å². The maximum atomic E-state index is 12.5. The van der Waals surface area contributed by atoms with Crippen molar-refractivity contribution in [3.63, 3.8) is 0 Å². The first-order valence-corrected chi connectivity index (χ1v) is 7.71. The van der Waals surface area contributed by atoms with Crippen LogP contribution in [0.3, 0.4) is 0 Å². The molecular formula is C18H21N3O3. The molecule has 0 heterocycles. The third kappa shape index (κ3) is 4.82. The van der Waals surface area contributed by atoms with Gasteiger partial charge in [-0.3, -0.25) is 9.59 Å². The highest BCUT2D eigenvalue weighted by atomic mass is 16.5. The Balaban J connectivity index is 2.10. The van der Waals surface area contributed by atoms with E-state index in [0.29, 0.717) is 23.5 Å². The van der Waals surface area contributed by atoms with E-state index in [1.807, 2.05) is 6.92 Å². The van der Waals surface area contributed by atoms with Crippen molar-refractivity contribution >= 4 is 23.2 Å². The van der Waals surface area contributed by atoms with E-state index in [1.165, 1.54) is 0 Å². The van der Waals surface area contributed by atoms with Crippen molar-refractivity contribution in [3.05, 3.63) is 54.1 Å². The van der Waals surface area contributed by atoms with E-state index in [0.717, 1.165) is 5.75 Å². The van der Waals surface area contributed by atoms with Crippen LogP contribution in [0.5, 0.6) is 5.75 Å². The topological polar surface area (TPSA) is 79.5 Å². The Bertz CT molecular complexity index is 699. The number of carbonyl (C=O) groups excluding carboxylic acids is 2. The molecule has 0 aliphatic rings. The highest BCUT2D eigenvalue weighted by molar-refractivity contribution is 6.10. The number of carbonyl (C=O) groups is 2. The number of ether oxygens (including phenoxy) is 1. The Labute approximate surface area is 141 Å². The minimum Gasteiger partial charge on any atom is -0.494 e. The summed E-state index contributed by atoms with van der Waals surface area (Å²) in [6.07, 6.45) is 0. The second kappa shape index (κ2) is 8.69. The number of amides is 2. The first-order valence-electron chi connectivity index (χ1n) is 7.71. The van der Waals surface area contributed by atoms with Gasteiger partial charge in [0.25, 0.3) is 5.91 Å². The molecule has 2 amide bonds. The maximum Gasteiger partial charge on any atom is 0.257 e. The number of benzene rings is 2. The summed E-state index contributed by atoms with van der Waals surface area (Å²) in [4.78, 5) is 24.2. The third-order valence-electron chi connectivity index (χ3n) is 3.21. The zero-order chi connectivity index (χ0) is 17.4. The minimum atomic E-state index is -0.292. The zero-order valence-corrected chi connectivity index (χ0v) is 13.8. The number of rotatable bonds is 7. The molecule has 0 atom stereocenters. The van der Waals surface area contributed by atoms with Gasteiger partial charge in [-0.1, -0.05) is 12.1 Å². The van der Waals surface area contributed by atoms with Gasteiger partial charge in [0.2, 0.25) is 5.91 Å². The van der Waals surface area contributed by atoms with Crippen molar-refractivity contribution in [2.45, 2.75) is 6.92 Å². The summed E-state index contributed by atoms with van der Waals surface area (Å²) in [5.74, 6) is 0.244. The van der Waals surface area contributed by atoms with Crippen molar-refractivity contribution in [3.8, 4) is 5.75 Å². The third-order valence-corrected chi connectivity index (χ3v) is 3.21. The summed E-state index contributed by atoms with van der Waals surface area (Å²) < 4.78 is 5.37. The van der Waals surface area contributed by atoms with E-state index >= 15 is 0 Å². The summed E-state index contributed by atoms with van der Waals surface area (Å²) in [6.45, 7) is 2.68. The Morgan fingerprint density at radius 2 is 1.71 bits per heavy atom. The average molecular weight is 327 g/mol. The molecule has 6 heteroatoms. The van der Waals surface area contributed by atoms with Gasteiger partial charge in [-0.05, 0) is 50.4 Å². The first kappa shape index (κ1) is 17.5. The second-order valence-corrected chi connectivity index (χ2v) is 5.04. The van der Waals surface area contributed by atoms with E-state index < -0.39 is 0 Å². The van der Waals surface area contributed by atoms with Gasteiger partial charge in [0.05, 0.1) is 24.4 Å². The van der Waals surface area contributed by atoms with Crippen LogP contribution in [0.1, 0.15) is 17.3 Å². The van der Waals surface area contributed by atoms with Gasteiger partial charge in [0, 0.05) is 5.69 Å². The Morgan fingerprint density at radius 3 is 2.38 bits per heavy atom. The van der Waals surface area contributed by atoms with Gasteiger partial charge >= 0.3 is 0 Å². The van der Waals surface area contributed by atoms with Crippen LogP contribution in [-0.2, 0) is 4.79 Å². The standard InChI is InChI=1S/C18H21N3O3/c1-3-24-14-10-8-13(9-11-14)20-18(23)15-6-4-5-7-16(15)21-17(22)12-19-2/h4-11,19H,3,12H2,1-2H3,(H,20,23)(H,21,22). The van der Waals surface area contributed by atoms with Crippen LogP contribution in [0.25, 0.3) is 0 Å². The SMILES string of the molecule is CCOc1ccc(NC(=O)c2ccccc2NC(=O)CNC)cc1. The van der Waals surface area contributed by atoms with Gasteiger partial charge < -0.3 is 20.7 Å². The number of para-hydroxylation sites is 1. The lowest BCUT2D eigenvalue weighted by atomic mass is 10.1. The molecule has 0 spiro atoms. The molecule has 0 fully saturated rings. The van der Waals surface area contributed by atoms with Crippen LogP contribution in [0, 0.1) is 0 Å². The quantitative estimate of drug-likeness (QED) is 0.730. The monoisotopic (exact) mass is 327 g/mol. The summed E-state index contributed by atoms with van der Waals surface area (Å²) >= 11 is 0. The molecule has 6 nitrogen and oxygen atoms in total. The number of likely N-dealkylation sites (N-methyl/N-ethyl adjacent to an activating group) is 1. The first-order chi connectivity index (χ1) is 11.6. The molecule has 0 bridgehead atoms. The highest BCUT2D eigenvalue weighted by Crippen LogP contribution is 2.19. The van der Waals surface area contributed by atoms with E-state index in [-0.39, 0.29) is 18.4 Å². The molecule has 24 heavy (non-hydrogen) atoms. The van der Waals surface area contributed by atoms with Crippen molar-refractivity contribution < 1.29 is 14.3 Å². The largest absolute Gasteiger partial charge is 0.494 e. The molecular weight excluding hydrogens is 306 g/mol. The molecule has 0 saturated carbocycles. The summed E-state index contributed by atoms with van der Waals surface area (Å²) in [6, 6.07) is 14.0. The van der Waals surface area contributed by atoms with E-state index in [9.17, 15) is 9.59 Å². The van der Waals surface area contributed by atoms with Gasteiger partial charge in [-0.25, -0.2) is 0 Å². The second-order valence-electron chi connectivity index (χ2n) is 5.04. The molecule has 2 rings (SSSR count). The van der Waals surface area contributed by atoms with Gasteiger partial charge in [-0.15, -0.1) is 0 Å². The summed E-state index contributed by atoms with van der Waals surface area (Å²) in [5.41, 5.74) is 1.52. The van der Waals surface area contributed by atoms with Crippen LogP contribution in [0.4, 0.5) is 11.4 Å². The van der Waals surface area contributed by atoms with Crippen LogP contribution in [-0.4, -0.2) is 32.0 Å². The van der Waals surface area contributed by atoms with Crippen LogP contribution in [0.2, 0.25) is 0 Å². The van der Waals surface area contributed by atoms with Crippen LogP contribution >= 0.6 is 0 Å². The molecule has 126 valence electrons. The van der Waals surface area contributed by atoms with Crippen molar-refractivity contribution in [1.82, 2.24) is 5.32 Å². The molecule has 0 aliphatic carbocycles. The number of hydrogen-bond acceptors (Lipinski definition) is 4. The predicted octanol–water partition coefficient (Wildman–Crippen LogP) is 2.50. The lowest BCUT2D eigenvalue weighted by Gasteiger charge is -2.12. The average Bonchev–Trinajstić information content (AvgIpc) is 2.57. The molecule has 0 aliphatic heterocycles. The molecule has 0 unspecified atom stereocenters. The lowest BCUT2D eigenvalue weighted by molar-refractivity contribution is -0.115. The normalized spacial score (nSPS) is 10.1. The number of anilines is 2. The maximum absolute atomic E-state index is 12.5. The van der Waals surface area contributed by atoms with Crippen LogP contribution < -0.4 is 20.7 Å². The van der Waals surface area contributed by atoms with Gasteiger partial charge in [0.1, 0.15) is 5.75 Å². The highest BCUT2D eigenvalue weighted by Gasteiger charge is 2.13. The zero-order valence-electron chi connectivity index (χ0n) is 13.8.